The summed E-state index contributed by atoms with van der Waals surface area (Å²) in [6.45, 7) is 2.27. The summed E-state index contributed by atoms with van der Waals surface area (Å²) in [6, 6.07) is 1.60. The van der Waals surface area contributed by atoms with Gasteiger partial charge in [-0.1, -0.05) is 0 Å². The molecule has 0 aliphatic carbocycles. The highest BCUT2D eigenvalue weighted by molar-refractivity contribution is 7.99. The smallest absolute Gasteiger partial charge is 0.406 e. The van der Waals surface area contributed by atoms with Gasteiger partial charge in [-0.05, 0) is 6.07 Å². The second-order valence-electron chi connectivity index (χ2n) is 4.78. The van der Waals surface area contributed by atoms with E-state index in [1.54, 1.807) is 13.1 Å². The number of hydrogen-bond donors (Lipinski definition) is 0. The van der Waals surface area contributed by atoms with E-state index in [1.807, 2.05) is 11.8 Å². The second kappa shape index (κ2) is 5.41. The molecule has 1 aliphatic rings. The van der Waals surface area contributed by atoms with Crippen molar-refractivity contribution in [1.29, 1.82) is 0 Å². The van der Waals surface area contributed by atoms with Crippen LogP contribution in [0, 0.1) is 0 Å². The number of nitrogens with zero attached hydrogens (tertiary/aromatic N) is 3. The number of aryl methyl sites for hydroxylation is 1. The minimum absolute atomic E-state index is 0.0119. The van der Waals surface area contributed by atoms with Crippen LogP contribution in [0.15, 0.2) is 21.5 Å². The fourth-order valence-corrected chi connectivity index (χ4v) is 3.20. The molecule has 0 spiro atoms. The molecule has 1 fully saturated rings. The van der Waals surface area contributed by atoms with E-state index >= 15 is 0 Å². The molecular weight excluding hydrogens is 278 g/mol. The number of thioether (sulfide) groups is 1. The highest BCUT2D eigenvalue weighted by Crippen LogP contribution is 2.14. The predicted molar refractivity (Wildman–Crippen MR) is 77.3 cm³/mol. The number of hydrogen-bond acceptors (Lipinski definition) is 6. The van der Waals surface area contributed by atoms with Crippen LogP contribution in [-0.4, -0.2) is 51.4 Å². The molecule has 0 saturated carbocycles. The largest absolute Gasteiger partial charge is 0.420 e. The van der Waals surface area contributed by atoms with Crippen LogP contribution in [0.25, 0.3) is 11.2 Å². The van der Waals surface area contributed by atoms with Crippen molar-refractivity contribution >= 4 is 28.8 Å². The Morgan fingerprint density at radius 1 is 1.45 bits per heavy atom. The Kier molecular flexibility index (Phi) is 3.62. The second-order valence-corrected chi connectivity index (χ2v) is 6.01. The zero-order valence-corrected chi connectivity index (χ0v) is 12.0. The normalized spacial score (nSPS) is 16.6. The minimum atomic E-state index is -0.467. The quantitative estimate of drug-likeness (QED) is 0.778. The molecule has 0 bridgehead atoms. The summed E-state index contributed by atoms with van der Waals surface area (Å²) >= 11 is 1.91. The van der Waals surface area contributed by atoms with Gasteiger partial charge in [-0.2, -0.15) is 11.8 Å². The lowest BCUT2D eigenvalue weighted by molar-refractivity contribution is 0.0937. The van der Waals surface area contributed by atoms with Gasteiger partial charge in [-0.15, -0.1) is 0 Å². The molecule has 0 amide bonds. The van der Waals surface area contributed by atoms with E-state index in [9.17, 15) is 9.59 Å². The molecule has 6 nitrogen and oxygen atoms in total. The van der Waals surface area contributed by atoms with Crippen molar-refractivity contribution in [2.24, 2.45) is 7.05 Å². The highest BCUT2D eigenvalue weighted by Gasteiger charge is 2.17. The maximum atomic E-state index is 12.2. The van der Waals surface area contributed by atoms with Gasteiger partial charge in [0.05, 0.1) is 6.54 Å². The lowest BCUT2D eigenvalue weighted by Crippen LogP contribution is -2.36. The van der Waals surface area contributed by atoms with Gasteiger partial charge in [0.2, 0.25) is 0 Å². The van der Waals surface area contributed by atoms with E-state index < -0.39 is 5.76 Å². The van der Waals surface area contributed by atoms with Gasteiger partial charge in [0.1, 0.15) is 0 Å². The molecule has 3 heterocycles. The maximum Gasteiger partial charge on any atom is 0.420 e. The Hall–Kier alpha value is -1.60. The summed E-state index contributed by atoms with van der Waals surface area (Å²) in [7, 11) is 1.59. The van der Waals surface area contributed by atoms with Gasteiger partial charge in [0.15, 0.2) is 17.0 Å². The molecule has 1 saturated heterocycles. The molecule has 20 heavy (non-hydrogen) atoms. The van der Waals surface area contributed by atoms with Crippen LogP contribution in [0.1, 0.15) is 10.4 Å². The minimum Gasteiger partial charge on any atom is -0.406 e. The first-order valence-corrected chi connectivity index (χ1v) is 7.59. The third kappa shape index (κ3) is 2.51. The van der Waals surface area contributed by atoms with Crippen LogP contribution >= 0.6 is 11.8 Å². The van der Waals surface area contributed by atoms with Gasteiger partial charge in [0.25, 0.3) is 0 Å². The standard InChI is InChI=1S/C13H15N3O3S/c1-15-12-11(19-13(15)18)6-9(7-14-12)10(17)8-16-2-4-20-5-3-16/h6-7H,2-5,8H2,1H3. The Morgan fingerprint density at radius 3 is 2.95 bits per heavy atom. The van der Waals surface area contributed by atoms with E-state index in [0.717, 1.165) is 24.6 Å². The first-order valence-electron chi connectivity index (χ1n) is 6.44. The van der Waals surface area contributed by atoms with Crippen molar-refractivity contribution in [3.8, 4) is 0 Å². The summed E-state index contributed by atoms with van der Waals surface area (Å²) < 4.78 is 6.38. The van der Waals surface area contributed by atoms with E-state index in [-0.39, 0.29) is 5.78 Å². The van der Waals surface area contributed by atoms with E-state index in [1.165, 1.54) is 10.8 Å². The van der Waals surface area contributed by atoms with Gasteiger partial charge in [-0.3, -0.25) is 14.3 Å². The third-order valence-electron chi connectivity index (χ3n) is 3.41. The molecule has 7 heteroatoms. The Labute approximate surface area is 119 Å². The number of Topliss-reactive ketones (excluding diaryl/α,β-unsaturated/α-hetero) is 1. The monoisotopic (exact) mass is 293 g/mol. The molecule has 1 aliphatic heterocycles. The third-order valence-corrected chi connectivity index (χ3v) is 4.36. The lowest BCUT2D eigenvalue weighted by atomic mass is 10.2. The molecule has 0 N–H and O–H groups in total. The molecule has 106 valence electrons. The van der Waals surface area contributed by atoms with E-state index in [2.05, 4.69) is 9.88 Å². The van der Waals surface area contributed by atoms with Crippen LogP contribution in [0.3, 0.4) is 0 Å². The molecular formula is C13H15N3O3S. The van der Waals surface area contributed by atoms with Gasteiger partial charge in [0, 0.05) is 43.4 Å². The van der Waals surface area contributed by atoms with Crippen molar-refractivity contribution in [2.45, 2.75) is 0 Å². The van der Waals surface area contributed by atoms with Crippen LogP contribution < -0.4 is 5.76 Å². The summed E-state index contributed by atoms with van der Waals surface area (Å²) in [5.74, 6) is 1.68. The first-order chi connectivity index (χ1) is 9.65. The van der Waals surface area contributed by atoms with E-state index in [4.69, 9.17) is 4.42 Å². The summed E-state index contributed by atoms with van der Waals surface area (Å²) in [5.41, 5.74) is 1.31. The predicted octanol–water partition coefficient (Wildman–Crippen LogP) is 0.758. The van der Waals surface area contributed by atoms with Crippen LogP contribution in [0.5, 0.6) is 0 Å². The van der Waals surface area contributed by atoms with Crippen LogP contribution in [0.2, 0.25) is 0 Å². The molecule has 0 unspecified atom stereocenters. The summed E-state index contributed by atoms with van der Waals surface area (Å²) in [5, 5.41) is 0. The van der Waals surface area contributed by atoms with Crippen molar-refractivity contribution in [2.75, 3.05) is 31.1 Å². The van der Waals surface area contributed by atoms with Gasteiger partial charge in [-0.25, -0.2) is 9.78 Å². The number of pyridine rings is 1. The first kappa shape index (κ1) is 13.4. The van der Waals surface area contributed by atoms with E-state index in [0.29, 0.717) is 23.3 Å². The molecule has 0 aromatic carbocycles. The number of oxazole rings is 1. The Bertz CT molecular complexity index is 700. The fraction of sp³-hybridized carbons (Fsp3) is 0.462. The Morgan fingerprint density at radius 2 is 2.20 bits per heavy atom. The lowest BCUT2D eigenvalue weighted by Gasteiger charge is -2.25. The molecule has 2 aromatic rings. The highest BCUT2D eigenvalue weighted by atomic mass is 32.2. The van der Waals surface area contributed by atoms with Crippen LogP contribution in [-0.2, 0) is 7.05 Å². The average Bonchev–Trinajstić information content (AvgIpc) is 2.74. The molecule has 3 rings (SSSR count). The SMILES string of the molecule is Cn1c(=O)oc2cc(C(=O)CN3CCSCC3)cnc21. The topological polar surface area (TPSA) is 68.3 Å². The molecule has 0 radical (unpaired) electrons. The fourth-order valence-electron chi connectivity index (χ4n) is 2.22. The van der Waals surface area contributed by atoms with Gasteiger partial charge < -0.3 is 4.42 Å². The van der Waals surface area contributed by atoms with Crippen molar-refractivity contribution < 1.29 is 9.21 Å². The van der Waals surface area contributed by atoms with Crippen molar-refractivity contribution in [1.82, 2.24) is 14.5 Å². The number of fused-ring (bicyclic) bond motifs is 1. The Balaban J connectivity index is 1.82. The number of carbonyl (C=O) groups excluding carboxylic acids is 1. The summed E-state index contributed by atoms with van der Waals surface area (Å²) in [4.78, 5) is 29.9. The van der Waals surface area contributed by atoms with Crippen molar-refractivity contribution in [3.63, 3.8) is 0 Å². The number of aromatic nitrogens is 2. The van der Waals surface area contributed by atoms with Crippen molar-refractivity contribution in [3.05, 3.63) is 28.4 Å². The molecule has 2 aromatic heterocycles. The average molecular weight is 293 g/mol. The number of ketones is 1. The van der Waals surface area contributed by atoms with Crippen LogP contribution in [0.4, 0.5) is 0 Å². The maximum absolute atomic E-state index is 12.2. The molecule has 0 atom stereocenters. The zero-order chi connectivity index (χ0) is 14.1. The number of rotatable bonds is 3. The number of carbonyl (C=O) groups is 1. The van der Waals surface area contributed by atoms with Gasteiger partial charge >= 0.3 is 5.76 Å². The summed E-state index contributed by atoms with van der Waals surface area (Å²) in [6.07, 6.45) is 1.51. The zero-order valence-electron chi connectivity index (χ0n) is 11.2.